The summed E-state index contributed by atoms with van der Waals surface area (Å²) in [6.45, 7) is 0. The molecule has 0 heterocycles. The number of allylic oxidation sites excluding steroid dienone is 4. The molecule has 0 N–H and O–H groups in total. The summed E-state index contributed by atoms with van der Waals surface area (Å²) in [6.07, 6.45) is 7.82. The molecule has 1 aliphatic carbocycles. The molecule has 0 unspecified atom stereocenters. The number of hydrogen-bond acceptors (Lipinski definition) is 4. The van der Waals surface area contributed by atoms with E-state index in [-0.39, 0.29) is 0 Å². The van der Waals surface area contributed by atoms with E-state index in [4.69, 9.17) is 22.1 Å². The summed E-state index contributed by atoms with van der Waals surface area (Å²) in [4.78, 5) is 6.92. The third-order valence-electron chi connectivity index (χ3n) is 1.28. The SMILES string of the molecule is N#CN=C1C=CC(=NC#N)C(Cl)=C1. The standard InChI is InChI=1S/C8H3ClN4/c9-7-3-6(12-4-10)1-2-8(7)13-5-11/h1-3H. The van der Waals surface area contributed by atoms with Crippen molar-refractivity contribution in [2.45, 2.75) is 0 Å². The Morgan fingerprint density at radius 3 is 2.38 bits per heavy atom. The van der Waals surface area contributed by atoms with Crippen molar-refractivity contribution in [1.29, 1.82) is 10.5 Å². The van der Waals surface area contributed by atoms with Crippen LogP contribution in [0.4, 0.5) is 0 Å². The molecular formula is C8H3ClN4. The van der Waals surface area contributed by atoms with Gasteiger partial charge in [-0.3, -0.25) is 0 Å². The smallest absolute Gasteiger partial charge is 0.174 e. The third kappa shape index (κ3) is 2.26. The van der Waals surface area contributed by atoms with Crippen LogP contribution in [0.15, 0.2) is 33.2 Å². The Morgan fingerprint density at radius 1 is 1.15 bits per heavy atom. The summed E-state index contributed by atoms with van der Waals surface area (Å²) in [5.41, 5.74) is 0.824. The van der Waals surface area contributed by atoms with Crippen molar-refractivity contribution < 1.29 is 0 Å². The van der Waals surface area contributed by atoms with Crippen molar-refractivity contribution >= 4 is 23.0 Å². The van der Waals surface area contributed by atoms with E-state index >= 15 is 0 Å². The van der Waals surface area contributed by atoms with Gasteiger partial charge in [0, 0.05) is 0 Å². The van der Waals surface area contributed by atoms with Gasteiger partial charge >= 0.3 is 0 Å². The molecular weight excluding hydrogens is 188 g/mol. The fourth-order valence-electron chi connectivity index (χ4n) is 0.768. The first-order valence-corrected chi connectivity index (χ1v) is 3.65. The molecule has 0 bridgehead atoms. The number of halogens is 1. The zero-order chi connectivity index (χ0) is 9.68. The van der Waals surface area contributed by atoms with E-state index in [1.165, 1.54) is 12.2 Å². The van der Waals surface area contributed by atoms with Crippen molar-refractivity contribution in [1.82, 2.24) is 0 Å². The van der Waals surface area contributed by atoms with Crippen LogP contribution in [-0.2, 0) is 0 Å². The predicted octanol–water partition coefficient (Wildman–Crippen LogP) is 1.52. The highest BCUT2D eigenvalue weighted by atomic mass is 35.5. The Balaban J connectivity index is 3.01. The lowest BCUT2D eigenvalue weighted by Crippen LogP contribution is -2.03. The first-order chi connectivity index (χ1) is 6.27. The average Bonchev–Trinajstić information content (AvgIpc) is 2.10. The summed E-state index contributed by atoms with van der Waals surface area (Å²) in [5.74, 6) is 0. The van der Waals surface area contributed by atoms with Crippen LogP contribution >= 0.6 is 11.6 Å². The second-order valence-corrected chi connectivity index (χ2v) is 2.47. The number of hydrogen-bond donors (Lipinski definition) is 0. The van der Waals surface area contributed by atoms with Crippen LogP contribution in [0.5, 0.6) is 0 Å². The van der Waals surface area contributed by atoms with Gasteiger partial charge in [-0.25, -0.2) is 0 Å². The van der Waals surface area contributed by atoms with Crippen molar-refractivity contribution in [3.05, 3.63) is 23.3 Å². The minimum atomic E-state index is 0.304. The van der Waals surface area contributed by atoms with E-state index in [9.17, 15) is 0 Å². The molecule has 1 aliphatic rings. The second kappa shape index (κ2) is 4.20. The van der Waals surface area contributed by atoms with E-state index in [2.05, 4.69) is 9.98 Å². The summed E-state index contributed by atoms with van der Waals surface area (Å²) >= 11 is 5.73. The van der Waals surface area contributed by atoms with Gasteiger partial charge in [-0.2, -0.15) is 20.5 Å². The molecule has 5 heteroatoms. The van der Waals surface area contributed by atoms with E-state index in [1.54, 1.807) is 18.5 Å². The molecule has 0 saturated heterocycles. The normalized spacial score (nSPS) is 21.0. The lowest BCUT2D eigenvalue weighted by molar-refractivity contribution is 1.43. The van der Waals surface area contributed by atoms with Crippen molar-refractivity contribution in [3.63, 3.8) is 0 Å². The zero-order valence-electron chi connectivity index (χ0n) is 6.40. The quantitative estimate of drug-likeness (QED) is 0.429. The van der Waals surface area contributed by atoms with Gasteiger partial charge in [-0.05, 0) is 18.2 Å². The van der Waals surface area contributed by atoms with Gasteiger partial charge in [0.25, 0.3) is 0 Å². The van der Waals surface area contributed by atoms with Gasteiger partial charge in [0.2, 0.25) is 12.4 Å². The highest BCUT2D eigenvalue weighted by molar-refractivity contribution is 6.48. The third-order valence-corrected chi connectivity index (χ3v) is 1.58. The maximum Gasteiger partial charge on any atom is 0.206 e. The molecule has 0 fully saturated rings. The zero-order valence-corrected chi connectivity index (χ0v) is 7.15. The molecule has 4 nitrogen and oxygen atoms in total. The second-order valence-electron chi connectivity index (χ2n) is 2.06. The summed E-state index contributed by atoms with van der Waals surface area (Å²) in [6, 6.07) is 0. The summed E-state index contributed by atoms with van der Waals surface area (Å²) in [5, 5.41) is 16.8. The average molecular weight is 191 g/mol. The van der Waals surface area contributed by atoms with Gasteiger partial charge in [0.05, 0.1) is 16.5 Å². The van der Waals surface area contributed by atoms with Crippen LogP contribution in [0.3, 0.4) is 0 Å². The Labute approximate surface area is 79.8 Å². The Hall–Kier alpha value is -1.91. The summed E-state index contributed by atoms with van der Waals surface area (Å²) in [7, 11) is 0. The maximum absolute atomic E-state index is 8.27. The molecule has 0 aromatic rings. The van der Waals surface area contributed by atoms with Crippen LogP contribution < -0.4 is 0 Å². The molecule has 0 amide bonds. The van der Waals surface area contributed by atoms with Gasteiger partial charge in [-0.1, -0.05) is 11.6 Å². The molecule has 1 rings (SSSR count). The van der Waals surface area contributed by atoms with Gasteiger partial charge < -0.3 is 0 Å². The van der Waals surface area contributed by atoms with E-state index in [0.717, 1.165) is 0 Å². The molecule has 62 valence electrons. The van der Waals surface area contributed by atoms with E-state index in [0.29, 0.717) is 16.5 Å². The highest BCUT2D eigenvalue weighted by Gasteiger charge is 2.07. The molecule has 0 aliphatic heterocycles. The highest BCUT2D eigenvalue weighted by Crippen LogP contribution is 2.11. The van der Waals surface area contributed by atoms with Gasteiger partial charge in [0.15, 0.2) is 0 Å². The fraction of sp³-hybridized carbons (Fsp3) is 0. The first-order valence-electron chi connectivity index (χ1n) is 3.27. The lowest BCUT2D eigenvalue weighted by atomic mass is 10.1. The number of nitrogens with zero attached hydrogens (tertiary/aromatic N) is 4. The molecule has 0 aromatic heterocycles. The van der Waals surface area contributed by atoms with Crippen molar-refractivity contribution in [3.8, 4) is 12.4 Å². The van der Waals surface area contributed by atoms with Crippen LogP contribution in [0.1, 0.15) is 0 Å². The number of nitriles is 2. The Morgan fingerprint density at radius 2 is 1.85 bits per heavy atom. The van der Waals surface area contributed by atoms with Crippen LogP contribution in [-0.4, -0.2) is 11.4 Å². The van der Waals surface area contributed by atoms with Crippen LogP contribution in [0, 0.1) is 22.9 Å². The number of aliphatic imine (C=N–C) groups is 2. The monoisotopic (exact) mass is 190 g/mol. The molecule has 0 saturated carbocycles. The molecule has 0 aromatic carbocycles. The Kier molecular flexibility index (Phi) is 2.97. The van der Waals surface area contributed by atoms with Crippen LogP contribution in [0.2, 0.25) is 0 Å². The van der Waals surface area contributed by atoms with Gasteiger partial charge in [0.1, 0.15) is 0 Å². The van der Waals surface area contributed by atoms with Crippen LogP contribution in [0.25, 0.3) is 0 Å². The fourth-order valence-corrected chi connectivity index (χ4v) is 0.985. The molecule has 0 spiro atoms. The van der Waals surface area contributed by atoms with Crippen molar-refractivity contribution in [2.75, 3.05) is 0 Å². The maximum atomic E-state index is 8.27. The number of rotatable bonds is 0. The summed E-state index contributed by atoms with van der Waals surface area (Å²) < 4.78 is 0. The largest absolute Gasteiger partial charge is 0.206 e. The predicted molar refractivity (Wildman–Crippen MR) is 49.2 cm³/mol. The minimum Gasteiger partial charge on any atom is -0.174 e. The van der Waals surface area contributed by atoms with E-state index in [1.807, 2.05) is 0 Å². The molecule has 13 heavy (non-hydrogen) atoms. The molecule has 0 radical (unpaired) electrons. The Bertz CT molecular complexity index is 414. The minimum absolute atomic E-state index is 0.304. The van der Waals surface area contributed by atoms with Crippen molar-refractivity contribution in [2.24, 2.45) is 9.98 Å². The van der Waals surface area contributed by atoms with Gasteiger partial charge in [-0.15, -0.1) is 0 Å². The first kappa shape index (κ1) is 9.18. The topological polar surface area (TPSA) is 72.3 Å². The van der Waals surface area contributed by atoms with E-state index < -0.39 is 0 Å². The molecule has 0 atom stereocenters. The lowest BCUT2D eigenvalue weighted by Gasteiger charge is -2.02.